The second-order valence-corrected chi connectivity index (χ2v) is 8.54. The van der Waals surface area contributed by atoms with Crippen LogP contribution in [0.25, 0.3) is 11.1 Å². The summed E-state index contributed by atoms with van der Waals surface area (Å²) < 4.78 is 10.3. The van der Waals surface area contributed by atoms with E-state index in [0.717, 1.165) is 33.6 Å². The van der Waals surface area contributed by atoms with Gasteiger partial charge in [-0.05, 0) is 22.3 Å². The van der Waals surface area contributed by atoms with Gasteiger partial charge in [-0.25, -0.2) is 14.6 Å². The van der Waals surface area contributed by atoms with Gasteiger partial charge in [0.2, 0.25) is 5.91 Å². The summed E-state index contributed by atoms with van der Waals surface area (Å²) >= 11 is 1.15. The molecule has 1 aromatic heterocycles. The van der Waals surface area contributed by atoms with Gasteiger partial charge in [0.05, 0.1) is 18.7 Å². The molecule has 1 atom stereocenters. The normalized spacial score (nSPS) is 13.0. The van der Waals surface area contributed by atoms with Gasteiger partial charge in [0.1, 0.15) is 6.61 Å². The Hall–Kier alpha value is -3.76. The van der Waals surface area contributed by atoms with E-state index < -0.39 is 24.0 Å². The molecule has 10 heteroatoms. The quantitative estimate of drug-likeness (QED) is 0.428. The number of carbonyl (C=O) groups excluding carboxylic acids is 2. The Morgan fingerprint density at radius 1 is 1.09 bits per heavy atom. The molecular formula is C24H23N3O6S. The zero-order valence-electron chi connectivity index (χ0n) is 18.3. The van der Waals surface area contributed by atoms with Crippen LogP contribution in [0, 0.1) is 0 Å². The number of carbonyl (C=O) groups is 3. The van der Waals surface area contributed by atoms with E-state index in [9.17, 15) is 14.4 Å². The summed E-state index contributed by atoms with van der Waals surface area (Å²) in [6.07, 6.45) is -0.769. The van der Waals surface area contributed by atoms with E-state index in [1.807, 2.05) is 36.4 Å². The number of rotatable bonds is 9. The van der Waals surface area contributed by atoms with Gasteiger partial charge in [-0.3, -0.25) is 10.1 Å². The third-order valence-electron chi connectivity index (χ3n) is 5.41. The van der Waals surface area contributed by atoms with Crippen molar-refractivity contribution in [1.29, 1.82) is 0 Å². The number of benzene rings is 2. The lowest BCUT2D eigenvalue weighted by Crippen LogP contribution is -2.44. The van der Waals surface area contributed by atoms with E-state index >= 15 is 0 Å². The number of hydrogen-bond acceptors (Lipinski definition) is 7. The first-order valence-electron chi connectivity index (χ1n) is 10.5. The summed E-state index contributed by atoms with van der Waals surface area (Å²) in [6.45, 7) is 0.0311. The number of anilines is 1. The monoisotopic (exact) mass is 481 g/mol. The standard InChI is InChI=1S/C24H23N3O6S/c1-32-12-20(22(29)30)26-21(28)10-14-13-34-23(25-14)27-24(31)33-11-19-17-8-4-2-6-15(17)16-7-3-5-9-18(16)19/h2-9,13,19-20H,10-12H2,1H3,(H,26,28)(H,29,30)(H,25,27,31)/t20-/m0/s1. The van der Waals surface area contributed by atoms with Crippen molar-refractivity contribution >= 4 is 34.4 Å². The topological polar surface area (TPSA) is 127 Å². The number of nitrogens with one attached hydrogen (secondary N) is 2. The van der Waals surface area contributed by atoms with Crippen LogP contribution in [0.3, 0.4) is 0 Å². The maximum atomic E-state index is 12.4. The molecular weight excluding hydrogens is 458 g/mol. The van der Waals surface area contributed by atoms with Crippen molar-refractivity contribution in [1.82, 2.24) is 10.3 Å². The molecule has 0 unspecified atom stereocenters. The SMILES string of the molecule is COC[C@H](NC(=O)Cc1csc(NC(=O)OCC2c3ccccc3-c3ccccc32)n1)C(=O)O. The summed E-state index contributed by atoms with van der Waals surface area (Å²) in [5.74, 6) is -1.75. The molecule has 0 spiro atoms. The predicted octanol–water partition coefficient (Wildman–Crippen LogP) is 3.26. The number of carboxylic acid groups (broad SMARTS) is 1. The van der Waals surface area contributed by atoms with Crippen LogP contribution in [0.1, 0.15) is 22.7 Å². The van der Waals surface area contributed by atoms with E-state index in [1.54, 1.807) is 5.38 Å². The average molecular weight is 482 g/mol. The molecule has 0 saturated heterocycles. The Bertz CT molecular complexity index is 1170. The fraction of sp³-hybridized carbons (Fsp3) is 0.250. The molecule has 1 aliphatic rings. The van der Waals surface area contributed by atoms with E-state index in [1.165, 1.54) is 7.11 Å². The van der Waals surface area contributed by atoms with Gasteiger partial charge in [-0.1, -0.05) is 48.5 Å². The predicted molar refractivity (Wildman–Crippen MR) is 126 cm³/mol. The highest BCUT2D eigenvalue weighted by atomic mass is 32.1. The minimum atomic E-state index is -1.19. The zero-order valence-corrected chi connectivity index (χ0v) is 19.1. The highest BCUT2D eigenvalue weighted by molar-refractivity contribution is 7.13. The number of thiazole rings is 1. The number of hydrogen-bond donors (Lipinski definition) is 3. The summed E-state index contributed by atoms with van der Waals surface area (Å²) in [5.41, 5.74) is 4.92. The molecule has 2 amide bonds. The van der Waals surface area contributed by atoms with E-state index in [0.29, 0.717) is 5.69 Å². The molecule has 4 rings (SSSR count). The highest BCUT2D eigenvalue weighted by Gasteiger charge is 2.29. The van der Waals surface area contributed by atoms with Crippen molar-refractivity contribution in [2.24, 2.45) is 0 Å². The lowest BCUT2D eigenvalue weighted by Gasteiger charge is -2.14. The smallest absolute Gasteiger partial charge is 0.413 e. The Kier molecular flexibility index (Phi) is 7.19. The minimum absolute atomic E-state index is 0.0528. The largest absolute Gasteiger partial charge is 0.480 e. The number of nitrogens with zero attached hydrogens (tertiary/aromatic N) is 1. The Balaban J connectivity index is 1.32. The van der Waals surface area contributed by atoms with Crippen molar-refractivity contribution in [2.45, 2.75) is 18.4 Å². The third kappa shape index (κ3) is 5.24. The number of aliphatic carboxylic acids is 1. The first kappa shape index (κ1) is 23.4. The van der Waals surface area contributed by atoms with Gasteiger partial charge in [0.25, 0.3) is 0 Å². The van der Waals surface area contributed by atoms with Crippen LogP contribution >= 0.6 is 11.3 Å². The van der Waals surface area contributed by atoms with Gasteiger partial charge >= 0.3 is 12.1 Å². The van der Waals surface area contributed by atoms with E-state index in [4.69, 9.17) is 14.6 Å². The van der Waals surface area contributed by atoms with Gasteiger partial charge in [-0.15, -0.1) is 11.3 Å². The lowest BCUT2D eigenvalue weighted by molar-refractivity contribution is -0.143. The Labute approximate surface area is 199 Å². The van der Waals surface area contributed by atoms with Gasteiger partial charge in [0, 0.05) is 18.4 Å². The third-order valence-corrected chi connectivity index (χ3v) is 6.22. The first-order chi connectivity index (χ1) is 16.5. The highest BCUT2D eigenvalue weighted by Crippen LogP contribution is 2.44. The molecule has 176 valence electrons. The van der Waals surface area contributed by atoms with Crippen LogP contribution < -0.4 is 10.6 Å². The second kappa shape index (κ2) is 10.4. The Morgan fingerprint density at radius 3 is 2.35 bits per heavy atom. The number of amides is 2. The number of ether oxygens (including phenoxy) is 2. The molecule has 0 bridgehead atoms. The van der Waals surface area contributed by atoms with Crippen LogP contribution in [0.4, 0.5) is 9.93 Å². The number of aromatic nitrogens is 1. The average Bonchev–Trinajstić information content (AvgIpc) is 3.39. The van der Waals surface area contributed by atoms with Crippen LogP contribution in [0.15, 0.2) is 53.9 Å². The van der Waals surface area contributed by atoms with Crippen LogP contribution in [-0.2, 0) is 25.5 Å². The van der Waals surface area contributed by atoms with Crippen molar-refractivity contribution < 1.29 is 29.0 Å². The molecule has 1 aliphatic carbocycles. The summed E-state index contributed by atoms with van der Waals surface area (Å²) in [6, 6.07) is 15.0. The lowest BCUT2D eigenvalue weighted by atomic mass is 9.98. The molecule has 1 heterocycles. The Morgan fingerprint density at radius 2 is 1.74 bits per heavy atom. The zero-order chi connectivity index (χ0) is 24.1. The maximum Gasteiger partial charge on any atom is 0.413 e. The molecule has 0 saturated carbocycles. The molecule has 3 N–H and O–H groups in total. The molecule has 0 fully saturated rings. The molecule has 3 aromatic rings. The number of fused-ring (bicyclic) bond motifs is 3. The summed E-state index contributed by atoms with van der Waals surface area (Å²) in [5, 5.41) is 16.0. The van der Waals surface area contributed by atoms with Crippen molar-refractivity contribution in [3.8, 4) is 11.1 Å². The van der Waals surface area contributed by atoms with Crippen LogP contribution in [0.5, 0.6) is 0 Å². The fourth-order valence-corrected chi connectivity index (χ4v) is 4.61. The molecule has 9 nitrogen and oxygen atoms in total. The number of methoxy groups -OCH3 is 1. The second-order valence-electron chi connectivity index (χ2n) is 7.69. The van der Waals surface area contributed by atoms with E-state index in [-0.39, 0.29) is 30.7 Å². The van der Waals surface area contributed by atoms with Gasteiger partial charge in [0.15, 0.2) is 11.2 Å². The minimum Gasteiger partial charge on any atom is -0.480 e. The van der Waals surface area contributed by atoms with Crippen molar-refractivity contribution in [3.63, 3.8) is 0 Å². The number of carboxylic acids is 1. The van der Waals surface area contributed by atoms with E-state index in [2.05, 4.69) is 27.8 Å². The first-order valence-corrected chi connectivity index (χ1v) is 11.4. The summed E-state index contributed by atoms with van der Waals surface area (Å²) in [7, 11) is 1.35. The van der Waals surface area contributed by atoms with Crippen molar-refractivity contribution in [2.75, 3.05) is 25.6 Å². The van der Waals surface area contributed by atoms with Crippen LogP contribution in [0.2, 0.25) is 0 Å². The van der Waals surface area contributed by atoms with Gasteiger partial charge in [-0.2, -0.15) is 0 Å². The maximum absolute atomic E-state index is 12.4. The summed E-state index contributed by atoms with van der Waals surface area (Å²) in [4.78, 5) is 39.8. The fourth-order valence-electron chi connectivity index (χ4n) is 3.92. The van der Waals surface area contributed by atoms with Gasteiger partial charge < -0.3 is 19.9 Å². The van der Waals surface area contributed by atoms with Crippen LogP contribution in [-0.4, -0.2) is 54.4 Å². The molecule has 0 radical (unpaired) electrons. The van der Waals surface area contributed by atoms with Crippen molar-refractivity contribution in [3.05, 3.63) is 70.7 Å². The molecule has 2 aromatic carbocycles. The molecule has 34 heavy (non-hydrogen) atoms. The molecule has 0 aliphatic heterocycles.